The lowest BCUT2D eigenvalue weighted by molar-refractivity contribution is -0.123. The topological polar surface area (TPSA) is 49.3 Å². The van der Waals surface area contributed by atoms with Crippen molar-refractivity contribution in [3.05, 3.63) is 34.9 Å². The molecule has 1 amide bonds. The Labute approximate surface area is 107 Å². The highest BCUT2D eigenvalue weighted by Crippen LogP contribution is 2.19. The zero-order chi connectivity index (χ0) is 12.8. The Balaban J connectivity index is 2.51. The van der Waals surface area contributed by atoms with E-state index in [2.05, 4.69) is 5.32 Å². The van der Waals surface area contributed by atoms with Gasteiger partial charge in [-0.25, -0.2) is 0 Å². The predicted molar refractivity (Wildman–Crippen MR) is 68.9 cm³/mol. The Morgan fingerprint density at radius 1 is 1.41 bits per heavy atom. The lowest BCUT2D eigenvalue weighted by atomic mass is 10.1. The van der Waals surface area contributed by atoms with E-state index in [1.165, 1.54) is 0 Å². The second-order valence-electron chi connectivity index (χ2n) is 4.15. The van der Waals surface area contributed by atoms with Crippen LogP contribution in [-0.2, 0) is 4.79 Å². The second kappa shape index (κ2) is 6.62. The first kappa shape index (κ1) is 14.0. The van der Waals surface area contributed by atoms with Crippen molar-refractivity contribution in [3.63, 3.8) is 0 Å². The molecule has 0 radical (unpaired) electrons. The maximum Gasteiger partial charge on any atom is 0.223 e. The largest absolute Gasteiger partial charge is 0.388 e. The summed E-state index contributed by atoms with van der Waals surface area (Å²) >= 11 is 5.75. The summed E-state index contributed by atoms with van der Waals surface area (Å²) in [7, 11) is 0. The third-order valence-electron chi connectivity index (χ3n) is 2.65. The average molecular weight is 256 g/mol. The molecule has 0 bridgehead atoms. The quantitative estimate of drug-likeness (QED) is 0.850. The third kappa shape index (κ3) is 4.75. The van der Waals surface area contributed by atoms with Gasteiger partial charge in [0.25, 0.3) is 0 Å². The molecule has 0 saturated heterocycles. The summed E-state index contributed by atoms with van der Waals surface area (Å²) in [5.74, 6) is -0.137. The number of nitrogens with one attached hydrogen (secondary N) is 1. The van der Waals surface area contributed by atoms with Gasteiger partial charge in [-0.15, -0.1) is 0 Å². The van der Waals surface area contributed by atoms with Crippen LogP contribution in [0.25, 0.3) is 0 Å². The summed E-state index contributed by atoms with van der Waals surface area (Å²) in [6.07, 6.45) is 0.172. The highest BCUT2D eigenvalue weighted by atomic mass is 35.5. The lowest BCUT2D eigenvalue weighted by Crippen LogP contribution is -2.32. The number of carbonyl (C=O) groups excluding carboxylic acids is 1. The van der Waals surface area contributed by atoms with Crippen molar-refractivity contribution in [2.24, 2.45) is 0 Å². The van der Waals surface area contributed by atoms with Crippen LogP contribution in [0.5, 0.6) is 0 Å². The molecule has 0 aliphatic rings. The number of hydrogen-bond acceptors (Lipinski definition) is 2. The molecule has 17 heavy (non-hydrogen) atoms. The number of halogens is 1. The van der Waals surface area contributed by atoms with Gasteiger partial charge in [-0.1, -0.05) is 30.7 Å². The molecule has 2 unspecified atom stereocenters. The number of amides is 1. The molecule has 0 heterocycles. The molecular weight excluding hydrogens is 238 g/mol. The lowest BCUT2D eigenvalue weighted by Gasteiger charge is -2.14. The van der Waals surface area contributed by atoms with Crippen molar-refractivity contribution in [1.29, 1.82) is 0 Å². The Morgan fingerprint density at radius 3 is 2.53 bits per heavy atom. The number of aliphatic hydroxyl groups excluding tert-OH is 1. The Morgan fingerprint density at radius 2 is 2.00 bits per heavy atom. The monoisotopic (exact) mass is 255 g/mol. The zero-order valence-electron chi connectivity index (χ0n) is 10.1. The van der Waals surface area contributed by atoms with E-state index in [0.717, 1.165) is 6.42 Å². The third-order valence-corrected chi connectivity index (χ3v) is 2.91. The van der Waals surface area contributed by atoms with E-state index in [1.807, 2.05) is 13.8 Å². The summed E-state index contributed by atoms with van der Waals surface area (Å²) < 4.78 is 0. The molecule has 1 aromatic rings. The minimum Gasteiger partial charge on any atom is -0.388 e. The predicted octanol–water partition coefficient (Wildman–Crippen LogP) is 2.68. The second-order valence-corrected chi connectivity index (χ2v) is 4.58. The number of hydrogen-bond donors (Lipinski definition) is 2. The van der Waals surface area contributed by atoms with Crippen molar-refractivity contribution in [2.75, 3.05) is 0 Å². The number of benzene rings is 1. The van der Waals surface area contributed by atoms with Gasteiger partial charge in [-0.2, -0.15) is 0 Å². The highest BCUT2D eigenvalue weighted by Gasteiger charge is 2.13. The van der Waals surface area contributed by atoms with Crippen LogP contribution in [0, 0.1) is 0 Å². The summed E-state index contributed by atoms with van der Waals surface area (Å²) in [4.78, 5) is 11.6. The van der Waals surface area contributed by atoms with Crippen LogP contribution in [0.4, 0.5) is 0 Å². The highest BCUT2D eigenvalue weighted by molar-refractivity contribution is 6.30. The average Bonchev–Trinajstić information content (AvgIpc) is 2.29. The summed E-state index contributed by atoms with van der Waals surface area (Å²) in [6, 6.07) is 6.99. The summed E-state index contributed by atoms with van der Waals surface area (Å²) in [5.41, 5.74) is 0.703. The molecule has 2 atom stereocenters. The maximum absolute atomic E-state index is 11.6. The van der Waals surface area contributed by atoms with Crippen LogP contribution in [0.3, 0.4) is 0 Å². The van der Waals surface area contributed by atoms with Gasteiger partial charge in [0.1, 0.15) is 0 Å². The molecule has 0 aliphatic carbocycles. The maximum atomic E-state index is 11.6. The Bertz CT molecular complexity index is 364. The van der Waals surface area contributed by atoms with Crippen LogP contribution in [0.2, 0.25) is 5.02 Å². The summed E-state index contributed by atoms with van der Waals surface area (Å²) in [6.45, 7) is 3.94. The van der Waals surface area contributed by atoms with Gasteiger partial charge in [0.2, 0.25) is 5.91 Å². The molecule has 0 aliphatic heterocycles. The SMILES string of the molecule is CCC(C)NC(=O)CC(O)c1ccc(Cl)cc1. The molecule has 0 spiro atoms. The number of rotatable bonds is 5. The minimum atomic E-state index is -0.781. The van der Waals surface area contributed by atoms with Gasteiger partial charge in [-0.05, 0) is 31.0 Å². The molecule has 0 aromatic heterocycles. The van der Waals surface area contributed by atoms with E-state index in [1.54, 1.807) is 24.3 Å². The fraction of sp³-hybridized carbons (Fsp3) is 0.462. The molecule has 1 aromatic carbocycles. The molecule has 0 saturated carbocycles. The summed E-state index contributed by atoms with van der Waals surface area (Å²) in [5, 5.41) is 13.3. The normalized spacial score (nSPS) is 14.1. The van der Waals surface area contributed by atoms with E-state index >= 15 is 0 Å². The molecule has 2 N–H and O–H groups in total. The Hall–Kier alpha value is -1.06. The smallest absolute Gasteiger partial charge is 0.223 e. The first-order valence-corrected chi connectivity index (χ1v) is 6.13. The number of aliphatic hydroxyl groups is 1. The van der Waals surface area contributed by atoms with E-state index in [-0.39, 0.29) is 18.4 Å². The molecule has 0 fully saturated rings. The van der Waals surface area contributed by atoms with Crippen molar-refractivity contribution >= 4 is 17.5 Å². The first-order valence-electron chi connectivity index (χ1n) is 5.75. The standard InChI is InChI=1S/C13H18ClNO2/c1-3-9(2)15-13(17)8-12(16)10-4-6-11(14)7-5-10/h4-7,9,12,16H,3,8H2,1-2H3,(H,15,17). The van der Waals surface area contributed by atoms with Crippen LogP contribution < -0.4 is 5.32 Å². The van der Waals surface area contributed by atoms with Gasteiger partial charge in [0, 0.05) is 11.1 Å². The minimum absolute atomic E-state index is 0.0754. The van der Waals surface area contributed by atoms with Gasteiger partial charge in [0.15, 0.2) is 0 Å². The van der Waals surface area contributed by atoms with E-state index in [9.17, 15) is 9.90 Å². The van der Waals surface area contributed by atoms with Crippen molar-refractivity contribution in [1.82, 2.24) is 5.32 Å². The van der Waals surface area contributed by atoms with E-state index in [0.29, 0.717) is 10.6 Å². The zero-order valence-corrected chi connectivity index (χ0v) is 10.9. The van der Waals surface area contributed by atoms with E-state index in [4.69, 9.17) is 11.6 Å². The van der Waals surface area contributed by atoms with Crippen LogP contribution in [0.15, 0.2) is 24.3 Å². The fourth-order valence-electron chi connectivity index (χ4n) is 1.41. The first-order chi connectivity index (χ1) is 8.02. The van der Waals surface area contributed by atoms with Crippen molar-refractivity contribution in [3.8, 4) is 0 Å². The van der Waals surface area contributed by atoms with E-state index < -0.39 is 6.10 Å². The van der Waals surface area contributed by atoms with Crippen LogP contribution in [-0.4, -0.2) is 17.1 Å². The van der Waals surface area contributed by atoms with Gasteiger partial charge < -0.3 is 10.4 Å². The molecule has 3 nitrogen and oxygen atoms in total. The number of carbonyl (C=O) groups is 1. The van der Waals surface area contributed by atoms with Crippen LogP contribution >= 0.6 is 11.6 Å². The van der Waals surface area contributed by atoms with Crippen molar-refractivity contribution in [2.45, 2.75) is 38.8 Å². The van der Waals surface area contributed by atoms with Gasteiger partial charge in [-0.3, -0.25) is 4.79 Å². The van der Waals surface area contributed by atoms with Gasteiger partial charge in [0.05, 0.1) is 12.5 Å². The molecule has 4 heteroatoms. The molecule has 94 valence electrons. The van der Waals surface area contributed by atoms with Crippen molar-refractivity contribution < 1.29 is 9.90 Å². The Kier molecular flexibility index (Phi) is 5.45. The fourth-order valence-corrected chi connectivity index (χ4v) is 1.54. The van der Waals surface area contributed by atoms with Gasteiger partial charge >= 0.3 is 0 Å². The molecule has 1 rings (SSSR count). The van der Waals surface area contributed by atoms with Crippen LogP contribution in [0.1, 0.15) is 38.4 Å². The molecular formula is C13H18ClNO2.